The molecule has 0 aromatic rings. The molecule has 1 fully saturated rings. The summed E-state index contributed by atoms with van der Waals surface area (Å²) in [5, 5.41) is 17.1. The van der Waals surface area contributed by atoms with Crippen molar-refractivity contribution in [2.24, 2.45) is 11.7 Å². The predicted octanol–water partition coefficient (Wildman–Crippen LogP) is 0.168. The van der Waals surface area contributed by atoms with Gasteiger partial charge in [0.1, 0.15) is 0 Å². The van der Waals surface area contributed by atoms with Crippen molar-refractivity contribution < 1.29 is 19.8 Å². The fraction of sp³-hybridized carbons (Fsp3) is 0.500. The Morgan fingerprint density at radius 2 is 1.69 bits per heavy atom. The van der Waals surface area contributed by atoms with Crippen LogP contribution in [-0.2, 0) is 9.59 Å². The second-order valence-electron chi connectivity index (χ2n) is 3.16. The lowest BCUT2D eigenvalue weighted by atomic mass is 10.1. The van der Waals surface area contributed by atoms with Crippen molar-refractivity contribution >= 4 is 11.9 Å². The highest BCUT2D eigenvalue weighted by Gasteiger charge is 2.27. The number of hydrogen-bond acceptors (Lipinski definition) is 3. The van der Waals surface area contributed by atoms with Gasteiger partial charge in [-0.1, -0.05) is 0 Å². The predicted molar refractivity (Wildman–Crippen MR) is 43.8 cm³/mol. The largest absolute Gasteiger partial charge is 0.477 e. The third-order valence-electron chi connectivity index (χ3n) is 1.95. The number of allylic oxidation sites excluding steroid dienone is 1. The van der Waals surface area contributed by atoms with E-state index in [2.05, 4.69) is 0 Å². The zero-order valence-electron chi connectivity index (χ0n) is 6.99. The van der Waals surface area contributed by atoms with E-state index in [1.54, 1.807) is 0 Å². The molecule has 0 aromatic carbocycles. The lowest BCUT2D eigenvalue weighted by Gasteiger charge is -2.02. The Labute approximate surface area is 74.8 Å². The van der Waals surface area contributed by atoms with E-state index in [1.807, 2.05) is 0 Å². The van der Waals surface area contributed by atoms with Gasteiger partial charge < -0.3 is 15.9 Å². The quantitative estimate of drug-likeness (QED) is 0.329. The third-order valence-corrected chi connectivity index (χ3v) is 1.95. The molecular weight excluding hydrogens is 174 g/mol. The summed E-state index contributed by atoms with van der Waals surface area (Å²) in [7, 11) is 0. The Kier molecular flexibility index (Phi) is 2.55. The number of aliphatic carboxylic acids is 2. The molecule has 0 aliphatic heterocycles. The van der Waals surface area contributed by atoms with E-state index in [0.717, 1.165) is 12.8 Å². The molecular formula is C8H11NO4. The highest BCUT2D eigenvalue weighted by Crippen LogP contribution is 2.34. The molecule has 0 heterocycles. The van der Waals surface area contributed by atoms with Crippen LogP contribution >= 0.6 is 0 Å². The molecule has 4 N–H and O–H groups in total. The molecule has 1 saturated carbocycles. The fourth-order valence-corrected chi connectivity index (χ4v) is 1.10. The summed E-state index contributed by atoms with van der Waals surface area (Å²) in [4.78, 5) is 20.9. The molecule has 0 aromatic heterocycles. The number of hydrogen-bond donors (Lipinski definition) is 3. The highest BCUT2D eigenvalue weighted by atomic mass is 16.4. The van der Waals surface area contributed by atoms with E-state index in [4.69, 9.17) is 15.9 Å². The minimum absolute atomic E-state index is 0.0255. The van der Waals surface area contributed by atoms with Crippen LogP contribution in [0.15, 0.2) is 11.3 Å². The first kappa shape index (κ1) is 9.57. The van der Waals surface area contributed by atoms with Gasteiger partial charge in [-0.3, -0.25) is 0 Å². The maximum atomic E-state index is 10.5. The van der Waals surface area contributed by atoms with Crippen molar-refractivity contribution in [3.63, 3.8) is 0 Å². The molecule has 5 nitrogen and oxygen atoms in total. The number of carbonyl (C=O) groups is 2. The SMILES string of the molecule is NC(CC1CC1)=C(C(=O)O)C(=O)O. The van der Waals surface area contributed by atoms with Crippen molar-refractivity contribution in [2.75, 3.05) is 0 Å². The van der Waals surface area contributed by atoms with Crippen LogP contribution in [-0.4, -0.2) is 22.2 Å². The van der Waals surface area contributed by atoms with Gasteiger partial charge in [0.25, 0.3) is 0 Å². The van der Waals surface area contributed by atoms with Gasteiger partial charge in [-0.05, 0) is 25.2 Å². The van der Waals surface area contributed by atoms with Crippen molar-refractivity contribution in [1.29, 1.82) is 0 Å². The maximum absolute atomic E-state index is 10.5. The maximum Gasteiger partial charge on any atom is 0.344 e. The Balaban J connectivity index is 2.79. The van der Waals surface area contributed by atoms with Gasteiger partial charge in [0.05, 0.1) is 0 Å². The topological polar surface area (TPSA) is 101 Å². The van der Waals surface area contributed by atoms with E-state index in [-0.39, 0.29) is 5.70 Å². The summed E-state index contributed by atoms with van der Waals surface area (Å²) in [6.45, 7) is 0. The van der Waals surface area contributed by atoms with Crippen molar-refractivity contribution in [2.45, 2.75) is 19.3 Å². The zero-order valence-corrected chi connectivity index (χ0v) is 6.99. The van der Waals surface area contributed by atoms with Crippen molar-refractivity contribution in [3.8, 4) is 0 Å². The van der Waals surface area contributed by atoms with Gasteiger partial charge in [-0.25, -0.2) is 9.59 Å². The average Bonchev–Trinajstić information content (AvgIpc) is 2.68. The van der Waals surface area contributed by atoms with E-state index < -0.39 is 17.5 Å². The van der Waals surface area contributed by atoms with Gasteiger partial charge in [0.15, 0.2) is 5.57 Å². The molecule has 0 radical (unpaired) electrons. The van der Waals surface area contributed by atoms with Crippen LogP contribution in [0.2, 0.25) is 0 Å². The molecule has 0 saturated heterocycles. The molecule has 0 bridgehead atoms. The third kappa shape index (κ3) is 2.47. The summed E-state index contributed by atoms with van der Waals surface area (Å²) in [5.74, 6) is -2.55. The Morgan fingerprint density at radius 1 is 1.23 bits per heavy atom. The number of carboxylic acids is 2. The molecule has 0 spiro atoms. The Hall–Kier alpha value is -1.52. The van der Waals surface area contributed by atoms with Gasteiger partial charge >= 0.3 is 11.9 Å². The highest BCUT2D eigenvalue weighted by molar-refractivity contribution is 6.13. The van der Waals surface area contributed by atoms with Crippen LogP contribution in [0.5, 0.6) is 0 Å². The second kappa shape index (κ2) is 3.47. The van der Waals surface area contributed by atoms with Crippen molar-refractivity contribution in [1.82, 2.24) is 0 Å². The van der Waals surface area contributed by atoms with E-state index >= 15 is 0 Å². The normalized spacial score (nSPS) is 15.1. The second-order valence-corrected chi connectivity index (χ2v) is 3.16. The molecule has 1 aliphatic carbocycles. The number of nitrogens with two attached hydrogens (primary N) is 1. The van der Waals surface area contributed by atoms with Crippen LogP contribution in [0.3, 0.4) is 0 Å². The number of rotatable bonds is 4. The van der Waals surface area contributed by atoms with Gasteiger partial charge in [-0.2, -0.15) is 0 Å². The van der Waals surface area contributed by atoms with E-state index in [9.17, 15) is 9.59 Å². The first-order valence-electron chi connectivity index (χ1n) is 3.97. The van der Waals surface area contributed by atoms with Crippen LogP contribution < -0.4 is 5.73 Å². The zero-order chi connectivity index (χ0) is 10.0. The summed E-state index contributed by atoms with van der Waals surface area (Å²) < 4.78 is 0. The van der Waals surface area contributed by atoms with Gasteiger partial charge in [-0.15, -0.1) is 0 Å². The van der Waals surface area contributed by atoms with E-state index in [0.29, 0.717) is 12.3 Å². The number of carboxylic acid groups (broad SMARTS) is 2. The molecule has 72 valence electrons. The first-order valence-corrected chi connectivity index (χ1v) is 3.97. The average molecular weight is 185 g/mol. The summed E-state index contributed by atoms with van der Waals surface area (Å²) in [6, 6.07) is 0. The smallest absolute Gasteiger partial charge is 0.344 e. The summed E-state index contributed by atoms with van der Waals surface area (Å²) >= 11 is 0. The molecule has 13 heavy (non-hydrogen) atoms. The summed E-state index contributed by atoms with van der Waals surface area (Å²) in [6.07, 6.45) is 2.40. The fourth-order valence-electron chi connectivity index (χ4n) is 1.10. The molecule has 1 aliphatic rings. The minimum Gasteiger partial charge on any atom is -0.477 e. The minimum atomic E-state index is -1.47. The van der Waals surface area contributed by atoms with Gasteiger partial charge in [0, 0.05) is 5.70 Å². The van der Waals surface area contributed by atoms with E-state index in [1.165, 1.54) is 0 Å². The Morgan fingerprint density at radius 3 is 2.00 bits per heavy atom. The van der Waals surface area contributed by atoms with Crippen LogP contribution in [0.4, 0.5) is 0 Å². The molecule has 0 atom stereocenters. The monoisotopic (exact) mass is 185 g/mol. The van der Waals surface area contributed by atoms with Crippen LogP contribution in [0.25, 0.3) is 0 Å². The van der Waals surface area contributed by atoms with Crippen LogP contribution in [0, 0.1) is 5.92 Å². The lowest BCUT2D eigenvalue weighted by Crippen LogP contribution is -2.18. The van der Waals surface area contributed by atoms with Crippen LogP contribution in [0.1, 0.15) is 19.3 Å². The molecule has 0 unspecified atom stereocenters. The lowest BCUT2D eigenvalue weighted by molar-refractivity contribution is -0.140. The first-order chi connectivity index (χ1) is 6.02. The Bertz CT molecular complexity index is 262. The molecule has 5 heteroatoms. The van der Waals surface area contributed by atoms with Crippen molar-refractivity contribution in [3.05, 3.63) is 11.3 Å². The molecule has 0 amide bonds. The summed E-state index contributed by atoms with van der Waals surface area (Å²) in [5.41, 5.74) is 4.67. The van der Waals surface area contributed by atoms with Gasteiger partial charge in [0.2, 0.25) is 0 Å². The molecule has 1 rings (SSSR count). The standard InChI is InChI=1S/C8H11NO4/c9-5(3-4-1-2-4)6(7(10)11)8(12)13/h4H,1-3,9H2,(H,10,11)(H,12,13).